The fourth-order valence-corrected chi connectivity index (χ4v) is 1.03. The maximum atomic E-state index is 12.7. The predicted octanol–water partition coefficient (Wildman–Crippen LogP) is 1.26. The minimum absolute atomic E-state index is 0.149. The predicted molar refractivity (Wildman–Crippen MR) is 47.6 cm³/mol. The largest absolute Gasteiger partial charge is 0.380 e. The number of pyridine rings is 1. The molecule has 3 nitrogen and oxygen atoms in total. The summed E-state index contributed by atoms with van der Waals surface area (Å²) in [5.74, 6) is -0.378. The zero-order valence-electron chi connectivity index (χ0n) is 7.70. The first kappa shape index (κ1) is 10.1. The van der Waals surface area contributed by atoms with E-state index in [4.69, 9.17) is 10.5 Å². The van der Waals surface area contributed by atoms with Gasteiger partial charge in [0.05, 0.1) is 18.3 Å². The Balaban J connectivity index is 2.82. The number of nitrogens with two attached hydrogens (primary N) is 1. The average Bonchev–Trinajstić information content (AvgIpc) is 2.15. The van der Waals surface area contributed by atoms with Gasteiger partial charge in [0.1, 0.15) is 5.82 Å². The molecule has 1 aromatic rings. The van der Waals surface area contributed by atoms with E-state index in [1.807, 2.05) is 6.92 Å². The number of halogens is 1. The zero-order valence-corrected chi connectivity index (χ0v) is 7.70. The maximum absolute atomic E-state index is 12.7. The van der Waals surface area contributed by atoms with E-state index in [0.29, 0.717) is 5.56 Å². The first-order valence-electron chi connectivity index (χ1n) is 4.04. The summed E-state index contributed by atoms with van der Waals surface area (Å²) in [5.41, 5.74) is 6.43. The van der Waals surface area contributed by atoms with Gasteiger partial charge in [-0.05, 0) is 18.6 Å². The first-order valence-corrected chi connectivity index (χ1v) is 4.04. The molecular formula is C9H13FN2O. The SMILES string of the molecule is COC(C)C(N)c1cncc(F)c1. The van der Waals surface area contributed by atoms with Crippen molar-refractivity contribution in [2.24, 2.45) is 5.73 Å². The summed E-state index contributed by atoms with van der Waals surface area (Å²) < 4.78 is 17.8. The maximum Gasteiger partial charge on any atom is 0.141 e. The number of hydrogen-bond donors (Lipinski definition) is 1. The fraction of sp³-hybridized carbons (Fsp3) is 0.444. The molecular weight excluding hydrogens is 171 g/mol. The van der Waals surface area contributed by atoms with Gasteiger partial charge in [-0.1, -0.05) is 0 Å². The van der Waals surface area contributed by atoms with Gasteiger partial charge >= 0.3 is 0 Å². The number of nitrogens with zero attached hydrogens (tertiary/aromatic N) is 1. The minimum atomic E-state index is -0.378. The summed E-state index contributed by atoms with van der Waals surface area (Å²) in [5, 5.41) is 0. The molecule has 72 valence electrons. The van der Waals surface area contributed by atoms with Gasteiger partial charge in [-0.25, -0.2) is 4.39 Å². The van der Waals surface area contributed by atoms with Gasteiger partial charge in [0.2, 0.25) is 0 Å². The van der Waals surface area contributed by atoms with Gasteiger partial charge < -0.3 is 10.5 Å². The van der Waals surface area contributed by atoms with Crippen molar-refractivity contribution in [3.63, 3.8) is 0 Å². The van der Waals surface area contributed by atoms with Crippen molar-refractivity contribution in [1.82, 2.24) is 4.98 Å². The van der Waals surface area contributed by atoms with E-state index in [0.717, 1.165) is 6.20 Å². The number of methoxy groups -OCH3 is 1. The van der Waals surface area contributed by atoms with Crippen molar-refractivity contribution in [2.75, 3.05) is 7.11 Å². The number of ether oxygens (including phenoxy) is 1. The van der Waals surface area contributed by atoms with Crippen LogP contribution < -0.4 is 5.73 Å². The van der Waals surface area contributed by atoms with Crippen LogP contribution in [0.4, 0.5) is 4.39 Å². The van der Waals surface area contributed by atoms with Gasteiger partial charge in [-0.2, -0.15) is 0 Å². The summed E-state index contributed by atoms with van der Waals surface area (Å²) in [6, 6.07) is 1.03. The van der Waals surface area contributed by atoms with E-state index in [9.17, 15) is 4.39 Å². The van der Waals surface area contributed by atoms with Gasteiger partial charge in [-0.15, -0.1) is 0 Å². The molecule has 0 aliphatic heterocycles. The van der Waals surface area contributed by atoms with Crippen LogP contribution in [0.15, 0.2) is 18.5 Å². The Bertz CT molecular complexity index is 280. The highest BCUT2D eigenvalue weighted by Crippen LogP contribution is 2.15. The van der Waals surface area contributed by atoms with Gasteiger partial charge in [-0.3, -0.25) is 4.98 Å². The fourth-order valence-electron chi connectivity index (χ4n) is 1.03. The topological polar surface area (TPSA) is 48.1 Å². The molecule has 13 heavy (non-hydrogen) atoms. The van der Waals surface area contributed by atoms with Gasteiger partial charge in [0.15, 0.2) is 0 Å². The van der Waals surface area contributed by atoms with Crippen LogP contribution in [0.25, 0.3) is 0 Å². The average molecular weight is 184 g/mol. The monoisotopic (exact) mass is 184 g/mol. The Morgan fingerprint density at radius 3 is 2.77 bits per heavy atom. The van der Waals surface area contributed by atoms with E-state index in [2.05, 4.69) is 4.98 Å². The molecule has 0 aliphatic carbocycles. The van der Waals surface area contributed by atoms with Crippen molar-refractivity contribution in [3.05, 3.63) is 29.8 Å². The van der Waals surface area contributed by atoms with Crippen molar-refractivity contribution in [3.8, 4) is 0 Å². The molecule has 2 N–H and O–H groups in total. The van der Waals surface area contributed by atoms with Crippen molar-refractivity contribution < 1.29 is 9.13 Å². The Hall–Kier alpha value is -1.00. The second-order valence-corrected chi connectivity index (χ2v) is 2.90. The summed E-state index contributed by atoms with van der Waals surface area (Å²) in [7, 11) is 1.57. The molecule has 0 spiro atoms. The molecule has 1 aromatic heterocycles. The van der Waals surface area contributed by atoms with Crippen molar-refractivity contribution in [2.45, 2.75) is 19.1 Å². The first-order chi connectivity index (χ1) is 6.15. The van der Waals surface area contributed by atoms with E-state index in [-0.39, 0.29) is 18.0 Å². The van der Waals surface area contributed by atoms with Crippen LogP contribution in [-0.2, 0) is 4.74 Å². The molecule has 0 aliphatic rings. The molecule has 4 heteroatoms. The molecule has 2 unspecified atom stereocenters. The van der Waals surface area contributed by atoms with E-state index in [1.165, 1.54) is 6.07 Å². The van der Waals surface area contributed by atoms with Gasteiger partial charge in [0.25, 0.3) is 0 Å². The Morgan fingerprint density at radius 1 is 1.54 bits per heavy atom. The Morgan fingerprint density at radius 2 is 2.23 bits per heavy atom. The molecule has 1 heterocycles. The number of rotatable bonds is 3. The third-order valence-corrected chi connectivity index (χ3v) is 1.99. The summed E-state index contributed by atoms with van der Waals surface area (Å²) in [6.45, 7) is 1.83. The highest BCUT2D eigenvalue weighted by atomic mass is 19.1. The third-order valence-electron chi connectivity index (χ3n) is 1.99. The standard InChI is InChI=1S/C9H13FN2O/c1-6(13-2)9(11)7-3-8(10)5-12-4-7/h3-6,9H,11H2,1-2H3. The molecule has 0 bridgehead atoms. The molecule has 2 atom stereocenters. The second kappa shape index (κ2) is 4.30. The highest BCUT2D eigenvalue weighted by molar-refractivity contribution is 5.15. The molecule has 0 saturated heterocycles. The normalized spacial score (nSPS) is 15.4. The van der Waals surface area contributed by atoms with E-state index >= 15 is 0 Å². The summed E-state index contributed by atoms with van der Waals surface area (Å²) in [6.07, 6.45) is 2.54. The third kappa shape index (κ3) is 2.47. The summed E-state index contributed by atoms with van der Waals surface area (Å²) >= 11 is 0. The van der Waals surface area contributed by atoms with Crippen LogP contribution >= 0.6 is 0 Å². The van der Waals surface area contributed by atoms with Gasteiger partial charge in [0, 0.05) is 13.3 Å². The second-order valence-electron chi connectivity index (χ2n) is 2.90. The van der Waals surface area contributed by atoms with E-state index < -0.39 is 0 Å². The number of hydrogen-bond acceptors (Lipinski definition) is 3. The van der Waals surface area contributed by atoms with Crippen LogP contribution in [0.5, 0.6) is 0 Å². The quantitative estimate of drug-likeness (QED) is 0.769. The Labute approximate surface area is 76.7 Å². The highest BCUT2D eigenvalue weighted by Gasteiger charge is 2.14. The van der Waals surface area contributed by atoms with Crippen LogP contribution in [0, 0.1) is 5.82 Å². The van der Waals surface area contributed by atoms with Crippen LogP contribution in [0.2, 0.25) is 0 Å². The molecule has 0 amide bonds. The lowest BCUT2D eigenvalue weighted by atomic mass is 10.1. The molecule has 0 fully saturated rings. The molecule has 0 saturated carbocycles. The molecule has 0 radical (unpaired) electrons. The van der Waals surface area contributed by atoms with Crippen molar-refractivity contribution in [1.29, 1.82) is 0 Å². The lowest BCUT2D eigenvalue weighted by Gasteiger charge is -2.18. The molecule has 0 aromatic carbocycles. The molecule has 1 rings (SSSR count). The van der Waals surface area contributed by atoms with Crippen LogP contribution in [0.1, 0.15) is 18.5 Å². The summed E-state index contributed by atoms with van der Waals surface area (Å²) in [4.78, 5) is 3.71. The van der Waals surface area contributed by atoms with Crippen LogP contribution in [-0.4, -0.2) is 18.2 Å². The zero-order chi connectivity index (χ0) is 9.84. The number of aromatic nitrogens is 1. The lowest BCUT2D eigenvalue weighted by Crippen LogP contribution is -2.25. The van der Waals surface area contributed by atoms with Crippen molar-refractivity contribution >= 4 is 0 Å². The van der Waals surface area contributed by atoms with E-state index in [1.54, 1.807) is 13.3 Å². The minimum Gasteiger partial charge on any atom is -0.380 e. The Kier molecular flexibility index (Phi) is 3.33. The smallest absolute Gasteiger partial charge is 0.141 e. The lowest BCUT2D eigenvalue weighted by molar-refractivity contribution is 0.0955. The van der Waals surface area contributed by atoms with Crippen LogP contribution in [0.3, 0.4) is 0 Å².